The van der Waals surface area contributed by atoms with Crippen molar-refractivity contribution in [3.8, 4) is 11.1 Å². The van der Waals surface area contributed by atoms with Crippen LogP contribution in [0.5, 0.6) is 0 Å². The molecule has 1 aliphatic heterocycles. The minimum Gasteiger partial charge on any atom is -0.478 e. The van der Waals surface area contributed by atoms with Crippen molar-refractivity contribution >= 4 is 22.6 Å². The second-order valence-electron chi connectivity index (χ2n) is 9.29. The Balaban J connectivity index is 0.00000133. The number of nitrogens with zero attached hydrogens (tertiary/aromatic N) is 1. The second-order valence-corrected chi connectivity index (χ2v) is 9.29. The first-order valence-corrected chi connectivity index (χ1v) is 12.8. The predicted molar refractivity (Wildman–Crippen MR) is 138 cm³/mol. The van der Waals surface area contributed by atoms with Crippen molar-refractivity contribution in [1.82, 2.24) is 4.90 Å². The second kappa shape index (κ2) is 10.9. The number of aromatic carboxylic acids is 1. The largest absolute Gasteiger partial charge is 0.478 e. The summed E-state index contributed by atoms with van der Waals surface area (Å²) in [5, 5.41) is 11.4. The minimum absolute atomic E-state index is 0.0983. The minimum atomic E-state index is -0.914. The van der Waals surface area contributed by atoms with Gasteiger partial charge in [0.25, 0.3) is 0 Å². The van der Waals surface area contributed by atoms with Crippen LogP contribution >= 0.6 is 0 Å². The lowest BCUT2D eigenvalue weighted by Crippen LogP contribution is -2.39. The molecule has 1 unspecified atom stereocenters. The van der Waals surface area contributed by atoms with Crippen LogP contribution in [0.3, 0.4) is 0 Å². The molecule has 1 saturated heterocycles. The van der Waals surface area contributed by atoms with E-state index in [9.17, 15) is 9.59 Å². The summed E-state index contributed by atoms with van der Waals surface area (Å²) in [6, 6.07) is 20.3. The molecule has 5 rings (SSSR count). The number of carboxylic acids is 1. The maximum absolute atomic E-state index is 13.1. The highest BCUT2D eigenvalue weighted by atomic mass is 16.4. The van der Waals surface area contributed by atoms with Crippen LogP contribution in [0.15, 0.2) is 60.7 Å². The van der Waals surface area contributed by atoms with Crippen LogP contribution in [-0.2, 0) is 11.2 Å². The van der Waals surface area contributed by atoms with Gasteiger partial charge in [-0.05, 0) is 71.3 Å². The number of amides is 1. The first-order chi connectivity index (χ1) is 16.6. The lowest BCUT2D eigenvalue weighted by atomic mass is 9.93. The SMILES string of the molecule is CC.O=C(O)c1ccc(-c2ccc3ccc(CC4CCN(C5CCCCC5)C4=O)cc3c2)cc1. The molecule has 0 aromatic heterocycles. The average molecular weight is 458 g/mol. The van der Waals surface area contributed by atoms with E-state index in [1.807, 2.05) is 26.0 Å². The van der Waals surface area contributed by atoms with E-state index in [1.54, 1.807) is 12.1 Å². The molecule has 0 spiro atoms. The lowest BCUT2D eigenvalue weighted by Gasteiger charge is -2.31. The Hall–Kier alpha value is -3.14. The average Bonchev–Trinajstić information content (AvgIpc) is 3.25. The Morgan fingerprint density at radius 1 is 0.853 bits per heavy atom. The Labute approximate surface area is 202 Å². The number of carbonyl (C=O) groups excluding carboxylic acids is 1. The molecule has 0 radical (unpaired) electrons. The van der Waals surface area contributed by atoms with Crippen LogP contribution < -0.4 is 0 Å². The molecule has 2 fully saturated rings. The fourth-order valence-corrected chi connectivity index (χ4v) is 5.40. The molecule has 2 aliphatic rings. The normalized spacial score (nSPS) is 18.6. The highest BCUT2D eigenvalue weighted by molar-refractivity contribution is 5.90. The van der Waals surface area contributed by atoms with Gasteiger partial charge < -0.3 is 10.0 Å². The Bertz CT molecular complexity index is 1150. The number of carbonyl (C=O) groups is 2. The van der Waals surface area contributed by atoms with Crippen LogP contribution in [0.25, 0.3) is 21.9 Å². The van der Waals surface area contributed by atoms with E-state index in [0.29, 0.717) is 17.5 Å². The van der Waals surface area contributed by atoms with Crippen molar-refractivity contribution in [2.45, 2.75) is 64.8 Å². The summed E-state index contributed by atoms with van der Waals surface area (Å²) in [5.74, 6) is -0.464. The van der Waals surface area contributed by atoms with Gasteiger partial charge in [0, 0.05) is 18.5 Å². The monoisotopic (exact) mass is 457 g/mol. The zero-order valence-corrected chi connectivity index (χ0v) is 20.3. The van der Waals surface area contributed by atoms with Gasteiger partial charge >= 0.3 is 5.97 Å². The molecular formula is C30H35NO3. The zero-order chi connectivity index (χ0) is 24.1. The smallest absolute Gasteiger partial charge is 0.335 e. The van der Waals surface area contributed by atoms with Gasteiger partial charge in [0.1, 0.15) is 0 Å². The summed E-state index contributed by atoms with van der Waals surface area (Å²) in [4.78, 5) is 26.4. The molecule has 34 heavy (non-hydrogen) atoms. The van der Waals surface area contributed by atoms with Crippen molar-refractivity contribution in [3.63, 3.8) is 0 Å². The summed E-state index contributed by atoms with van der Waals surface area (Å²) in [5.41, 5.74) is 3.56. The number of hydrogen-bond donors (Lipinski definition) is 1. The summed E-state index contributed by atoms with van der Waals surface area (Å²) in [7, 11) is 0. The molecule has 1 saturated carbocycles. The summed E-state index contributed by atoms with van der Waals surface area (Å²) in [6.45, 7) is 4.91. The molecule has 0 bridgehead atoms. The number of benzene rings is 3. The van der Waals surface area contributed by atoms with E-state index in [4.69, 9.17) is 5.11 Å². The van der Waals surface area contributed by atoms with Crippen LogP contribution in [0, 0.1) is 5.92 Å². The first kappa shape index (κ1) is 24.0. The van der Waals surface area contributed by atoms with E-state index in [0.717, 1.165) is 35.9 Å². The maximum Gasteiger partial charge on any atom is 0.335 e. The van der Waals surface area contributed by atoms with E-state index in [-0.39, 0.29) is 5.92 Å². The Morgan fingerprint density at radius 3 is 2.24 bits per heavy atom. The van der Waals surface area contributed by atoms with Gasteiger partial charge in [-0.2, -0.15) is 0 Å². The molecule has 1 aliphatic carbocycles. The highest BCUT2D eigenvalue weighted by Gasteiger charge is 2.36. The predicted octanol–water partition coefficient (Wildman–Crippen LogP) is 6.95. The number of hydrogen-bond acceptors (Lipinski definition) is 2. The summed E-state index contributed by atoms with van der Waals surface area (Å²) in [6.07, 6.45) is 7.93. The molecule has 178 valence electrons. The molecule has 1 atom stereocenters. The number of carboxylic acid groups (broad SMARTS) is 1. The van der Waals surface area contributed by atoms with E-state index < -0.39 is 5.97 Å². The third-order valence-electron chi connectivity index (χ3n) is 7.22. The maximum atomic E-state index is 13.1. The highest BCUT2D eigenvalue weighted by Crippen LogP contribution is 2.31. The standard InChI is InChI=1S/C28H29NO3.C2H6/c30-27-24(14-15-29(27)26-4-2-1-3-5-26)16-19-6-7-21-10-13-23(18-25(21)17-19)20-8-11-22(12-9-20)28(31)32;1-2/h6-13,17-18,24,26H,1-5,14-16H2,(H,31,32);1-2H3. The van der Waals surface area contributed by atoms with Gasteiger partial charge in [0.2, 0.25) is 5.91 Å². The summed E-state index contributed by atoms with van der Waals surface area (Å²) >= 11 is 0. The third kappa shape index (κ3) is 5.16. The third-order valence-corrected chi connectivity index (χ3v) is 7.22. The molecule has 1 heterocycles. The number of rotatable bonds is 5. The fraction of sp³-hybridized carbons (Fsp3) is 0.400. The number of fused-ring (bicyclic) bond motifs is 1. The lowest BCUT2D eigenvalue weighted by molar-refractivity contribution is -0.133. The van der Waals surface area contributed by atoms with Gasteiger partial charge in [-0.3, -0.25) is 4.79 Å². The van der Waals surface area contributed by atoms with E-state index in [1.165, 1.54) is 43.1 Å². The summed E-state index contributed by atoms with van der Waals surface area (Å²) < 4.78 is 0. The van der Waals surface area contributed by atoms with Gasteiger partial charge in [-0.1, -0.05) is 75.6 Å². The van der Waals surface area contributed by atoms with Gasteiger partial charge in [-0.15, -0.1) is 0 Å². The van der Waals surface area contributed by atoms with Crippen molar-refractivity contribution in [3.05, 3.63) is 71.8 Å². The first-order valence-electron chi connectivity index (χ1n) is 12.8. The van der Waals surface area contributed by atoms with E-state index in [2.05, 4.69) is 41.3 Å². The van der Waals surface area contributed by atoms with Crippen molar-refractivity contribution in [2.24, 2.45) is 5.92 Å². The van der Waals surface area contributed by atoms with Gasteiger partial charge in [-0.25, -0.2) is 4.79 Å². The van der Waals surface area contributed by atoms with Crippen LogP contribution in [0.2, 0.25) is 0 Å². The zero-order valence-electron chi connectivity index (χ0n) is 20.3. The fourth-order valence-electron chi connectivity index (χ4n) is 5.40. The van der Waals surface area contributed by atoms with E-state index >= 15 is 0 Å². The van der Waals surface area contributed by atoms with Crippen LogP contribution in [0.4, 0.5) is 0 Å². The van der Waals surface area contributed by atoms with Crippen molar-refractivity contribution in [2.75, 3.05) is 6.54 Å². The van der Waals surface area contributed by atoms with Crippen LogP contribution in [-0.4, -0.2) is 34.5 Å². The molecule has 4 heteroatoms. The molecule has 3 aromatic carbocycles. The molecule has 1 N–H and O–H groups in total. The van der Waals surface area contributed by atoms with Crippen molar-refractivity contribution in [1.29, 1.82) is 0 Å². The molecule has 4 nitrogen and oxygen atoms in total. The molecule has 1 amide bonds. The van der Waals surface area contributed by atoms with Crippen molar-refractivity contribution < 1.29 is 14.7 Å². The van der Waals surface area contributed by atoms with Crippen LogP contribution in [0.1, 0.15) is 68.3 Å². The Morgan fingerprint density at radius 2 is 1.53 bits per heavy atom. The number of likely N-dealkylation sites (tertiary alicyclic amines) is 1. The van der Waals surface area contributed by atoms with Gasteiger partial charge in [0.15, 0.2) is 0 Å². The topological polar surface area (TPSA) is 57.6 Å². The van der Waals surface area contributed by atoms with Gasteiger partial charge in [0.05, 0.1) is 5.56 Å². The Kier molecular flexibility index (Phi) is 7.66. The molecule has 3 aromatic rings. The quantitative estimate of drug-likeness (QED) is 0.451. The molecular weight excluding hydrogens is 422 g/mol.